The molecule has 0 radical (unpaired) electrons. The number of ether oxygens (including phenoxy) is 1. The Hall–Kier alpha value is -1.42. The highest BCUT2D eigenvalue weighted by Gasteiger charge is 2.30. The van der Waals surface area contributed by atoms with E-state index in [-0.39, 0.29) is 12.1 Å². The summed E-state index contributed by atoms with van der Waals surface area (Å²) in [5.41, 5.74) is 0.680. The molecule has 1 saturated heterocycles. The molecule has 1 aliphatic heterocycles. The lowest BCUT2D eigenvalue weighted by Gasteiger charge is -2.41. The van der Waals surface area contributed by atoms with Gasteiger partial charge in [0, 0.05) is 36.4 Å². The summed E-state index contributed by atoms with van der Waals surface area (Å²) in [5, 5.41) is 0.735. The van der Waals surface area contributed by atoms with Crippen molar-refractivity contribution in [3.63, 3.8) is 0 Å². The van der Waals surface area contributed by atoms with E-state index in [4.69, 9.17) is 16.3 Å². The molecule has 4 nitrogen and oxygen atoms in total. The van der Waals surface area contributed by atoms with Crippen LogP contribution in [0.15, 0.2) is 24.3 Å². The fourth-order valence-electron chi connectivity index (χ4n) is 2.44. The zero-order chi connectivity index (χ0) is 15.6. The number of nitrogens with zero attached hydrogens (tertiary/aromatic N) is 2. The van der Waals surface area contributed by atoms with Gasteiger partial charge in [-0.1, -0.05) is 11.6 Å². The Balaban J connectivity index is 1.99. The van der Waals surface area contributed by atoms with Gasteiger partial charge in [0.1, 0.15) is 5.60 Å². The maximum atomic E-state index is 12.2. The van der Waals surface area contributed by atoms with Crippen LogP contribution < -0.4 is 4.90 Å². The number of hydrogen-bond donors (Lipinski definition) is 0. The fourth-order valence-corrected chi connectivity index (χ4v) is 2.56. The van der Waals surface area contributed by atoms with Gasteiger partial charge in [-0.05, 0) is 52.0 Å². The molecule has 1 aromatic rings. The third-order valence-corrected chi connectivity index (χ3v) is 3.70. The van der Waals surface area contributed by atoms with E-state index >= 15 is 0 Å². The number of piperazine rings is 1. The number of anilines is 1. The van der Waals surface area contributed by atoms with E-state index in [1.165, 1.54) is 0 Å². The predicted molar refractivity (Wildman–Crippen MR) is 86.1 cm³/mol. The second-order valence-electron chi connectivity index (χ2n) is 6.45. The van der Waals surface area contributed by atoms with Crippen LogP contribution >= 0.6 is 11.6 Å². The molecule has 2 rings (SSSR count). The summed E-state index contributed by atoms with van der Waals surface area (Å²) in [6, 6.07) is 7.92. The predicted octanol–water partition coefficient (Wildman–Crippen LogP) is 3.79. The summed E-state index contributed by atoms with van der Waals surface area (Å²) in [6.07, 6.45) is -0.231. The topological polar surface area (TPSA) is 32.8 Å². The normalized spacial score (nSPS) is 19.6. The zero-order valence-electron chi connectivity index (χ0n) is 13.1. The second-order valence-corrected chi connectivity index (χ2v) is 6.88. The molecule has 0 N–H and O–H groups in total. The van der Waals surface area contributed by atoms with Crippen molar-refractivity contribution in [2.75, 3.05) is 24.5 Å². The minimum absolute atomic E-state index is 0.115. The highest BCUT2D eigenvalue weighted by Crippen LogP contribution is 2.22. The van der Waals surface area contributed by atoms with E-state index in [1.807, 2.05) is 52.0 Å². The van der Waals surface area contributed by atoms with Gasteiger partial charge < -0.3 is 14.5 Å². The molecule has 21 heavy (non-hydrogen) atoms. The summed E-state index contributed by atoms with van der Waals surface area (Å²) < 4.78 is 5.46. The Kier molecular flexibility index (Phi) is 4.67. The molecular weight excluding hydrogens is 288 g/mol. The Morgan fingerprint density at radius 1 is 1.24 bits per heavy atom. The number of carbonyl (C=O) groups is 1. The van der Waals surface area contributed by atoms with Crippen molar-refractivity contribution >= 4 is 23.4 Å². The maximum absolute atomic E-state index is 12.2. The van der Waals surface area contributed by atoms with E-state index in [9.17, 15) is 4.79 Å². The third kappa shape index (κ3) is 4.27. The van der Waals surface area contributed by atoms with Crippen LogP contribution in [0.4, 0.5) is 10.5 Å². The van der Waals surface area contributed by atoms with Crippen molar-refractivity contribution in [1.29, 1.82) is 0 Å². The van der Waals surface area contributed by atoms with E-state index in [2.05, 4.69) is 4.90 Å². The molecule has 0 aromatic heterocycles. The summed E-state index contributed by atoms with van der Waals surface area (Å²) in [7, 11) is 0. The number of carbonyl (C=O) groups excluding carboxylic acids is 1. The van der Waals surface area contributed by atoms with Crippen LogP contribution in [0.25, 0.3) is 0 Å². The molecule has 5 heteroatoms. The molecule has 1 aromatic carbocycles. The van der Waals surface area contributed by atoms with Crippen molar-refractivity contribution in [2.45, 2.75) is 39.3 Å². The number of benzene rings is 1. The summed E-state index contributed by atoms with van der Waals surface area (Å²) in [6.45, 7) is 9.97. The molecule has 1 aliphatic rings. The van der Waals surface area contributed by atoms with Gasteiger partial charge in [0.15, 0.2) is 0 Å². The molecule has 116 valence electrons. The van der Waals surface area contributed by atoms with Crippen LogP contribution in [0, 0.1) is 0 Å². The number of halogens is 1. The zero-order valence-corrected chi connectivity index (χ0v) is 13.9. The summed E-state index contributed by atoms with van der Waals surface area (Å²) in [4.78, 5) is 16.2. The SMILES string of the molecule is C[C@@H]1CN(c2ccc(Cl)cc2)CCN1C(=O)OC(C)(C)C. The van der Waals surface area contributed by atoms with Crippen molar-refractivity contribution < 1.29 is 9.53 Å². The van der Waals surface area contributed by atoms with E-state index in [0.717, 1.165) is 23.8 Å². The summed E-state index contributed by atoms with van der Waals surface area (Å²) in [5.74, 6) is 0. The minimum atomic E-state index is -0.454. The molecular formula is C16H23ClN2O2. The van der Waals surface area contributed by atoms with Gasteiger partial charge in [-0.3, -0.25) is 0 Å². The molecule has 1 heterocycles. The van der Waals surface area contributed by atoms with Crippen molar-refractivity contribution in [1.82, 2.24) is 4.90 Å². The quantitative estimate of drug-likeness (QED) is 0.791. The van der Waals surface area contributed by atoms with Gasteiger partial charge in [-0.2, -0.15) is 0 Å². The average molecular weight is 311 g/mol. The van der Waals surface area contributed by atoms with Crippen LogP contribution in [0.1, 0.15) is 27.7 Å². The largest absolute Gasteiger partial charge is 0.444 e. The monoisotopic (exact) mass is 310 g/mol. The highest BCUT2D eigenvalue weighted by atomic mass is 35.5. The molecule has 0 saturated carbocycles. The van der Waals surface area contributed by atoms with Gasteiger partial charge >= 0.3 is 6.09 Å². The lowest BCUT2D eigenvalue weighted by molar-refractivity contribution is 0.0159. The van der Waals surface area contributed by atoms with Gasteiger partial charge in [0.05, 0.1) is 0 Å². The van der Waals surface area contributed by atoms with Crippen molar-refractivity contribution in [2.24, 2.45) is 0 Å². The van der Waals surface area contributed by atoms with E-state index < -0.39 is 5.60 Å². The third-order valence-electron chi connectivity index (χ3n) is 3.45. The first-order valence-electron chi connectivity index (χ1n) is 7.26. The Morgan fingerprint density at radius 3 is 2.38 bits per heavy atom. The fraction of sp³-hybridized carbons (Fsp3) is 0.562. The number of rotatable bonds is 1. The maximum Gasteiger partial charge on any atom is 0.410 e. The van der Waals surface area contributed by atoms with Crippen molar-refractivity contribution in [3.8, 4) is 0 Å². The van der Waals surface area contributed by atoms with Crippen LogP contribution in [0.2, 0.25) is 5.02 Å². The van der Waals surface area contributed by atoms with Crippen LogP contribution in [0.3, 0.4) is 0 Å². The number of amides is 1. The molecule has 0 spiro atoms. The van der Waals surface area contributed by atoms with E-state index in [1.54, 1.807) is 4.90 Å². The van der Waals surface area contributed by atoms with Crippen LogP contribution in [-0.2, 0) is 4.74 Å². The first-order chi connectivity index (χ1) is 9.76. The molecule has 1 atom stereocenters. The first kappa shape index (κ1) is 16.0. The smallest absolute Gasteiger partial charge is 0.410 e. The van der Waals surface area contributed by atoms with Crippen molar-refractivity contribution in [3.05, 3.63) is 29.3 Å². The average Bonchev–Trinajstić information content (AvgIpc) is 2.37. The molecule has 0 unspecified atom stereocenters. The number of hydrogen-bond acceptors (Lipinski definition) is 3. The Morgan fingerprint density at radius 2 is 1.86 bits per heavy atom. The second kappa shape index (κ2) is 6.14. The molecule has 1 amide bonds. The van der Waals surface area contributed by atoms with E-state index in [0.29, 0.717) is 6.54 Å². The van der Waals surface area contributed by atoms with Gasteiger partial charge in [0.25, 0.3) is 0 Å². The molecule has 1 fully saturated rings. The molecule has 0 aliphatic carbocycles. The summed E-state index contributed by atoms with van der Waals surface area (Å²) >= 11 is 5.92. The van der Waals surface area contributed by atoms with Gasteiger partial charge in [-0.25, -0.2) is 4.79 Å². The van der Waals surface area contributed by atoms with Crippen LogP contribution in [0.5, 0.6) is 0 Å². The Bertz CT molecular complexity index is 496. The standard InChI is InChI=1S/C16H23ClN2O2/c1-12-11-18(14-7-5-13(17)6-8-14)9-10-19(12)15(20)21-16(2,3)4/h5-8,12H,9-11H2,1-4H3/t12-/m1/s1. The lowest BCUT2D eigenvalue weighted by atomic mass is 10.1. The van der Waals surface area contributed by atoms with Crippen LogP contribution in [-0.4, -0.2) is 42.3 Å². The van der Waals surface area contributed by atoms with Gasteiger partial charge in [-0.15, -0.1) is 0 Å². The highest BCUT2D eigenvalue weighted by molar-refractivity contribution is 6.30. The Labute approximate surface area is 131 Å². The van der Waals surface area contributed by atoms with Gasteiger partial charge in [0.2, 0.25) is 0 Å². The lowest BCUT2D eigenvalue weighted by Crippen LogP contribution is -2.55. The first-order valence-corrected chi connectivity index (χ1v) is 7.64. The minimum Gasteiger partial charge on any atom is -0.444 e. The molecule has 0 bridgehead atoms.